The molecule has 1 aliphatic rings. The van der Waals surface area contributed by atoms with Crippen molar-refractivity contribution in [1.82, 2.24) is 4.98 Å². The van der Waals surface area contributed by atoms with Crippen LogP contribution < -0.4 is 19.3 Å². The molecule has 0 atom stereocenters. The van der Waals surface area contributed by atoms with Gasteiger partial charge in [-0.15, -0.1) is 35.9 Å². The summed E-state index contributed by atoms with van der Waals surface area (Å²) in [4.78, 5) is 9.14. The number of allylic oxidation sites excluding steroid dienone is 2. The third kappa shape index (κ3) is 9.73. The topological polar surface area (TPSA) is 37.8 Å². The molecule has 0 N–H and O–H groups in total. The van der Waals surface area contributed by atoms with E-state index < -0.39 is 0 Å². The summed E-state index contributed by atoms with van der Waals surface area (Å²) in [6.07, 6.45) is 1.78. The van der Waals surface area contributed by atoms with Gasteiger partial charge < -0.3 is 26.7 Å². The van der Waals surface area contributed by atoms with E-state index in [0.29, 0.717) is 41.6 Å². The van der Waals surface area contributed by atoms with Crippen LogP contribution >= 0.6 is 0 Å². The van der Waals surface area contributed by atoms with E-state index in [9.17, 15) is 0 Å². The summed E-state index contributed by atoms with van der Waals surface area (Å²) < 4.78 is 12.6. The summed E-state index contributed by atoms with van der Waals surface area (Å²) in [7, 11) is 0. The van der Waals surface area contributed by atoms with Crippen molar-refractivity contribution in [3.8, 4) is 34.3 Å². The first-order chi connectivity index (χ1) is 25.0. The van der Waals surface area contributed by atoms with Crippen molar-refractivity contribution in [3.63, 3.8) is 0 Å². The average Bonchev–Trinajstić information content (AvgIpc) is 3.40. The Morgan fingerprint density at radius 3 is 1.78 bits per heavy atom. The molecule has 0 fully saturated rings. The summed E-state index contributed by atoms with van der Waals surface area (Å²) in [5.41, 5.74) is 12.2. The van der Waals surface area contributed by atoms with E-state index in [-0.39, 0.29) is 39.3 Å². The van der Waals surface area contributed by atoms with Gasteiger partial charge in [0.05, 0.1) is 6.67 Å². The summed E-state index contributed by atoms with van der Waals surface area (Å²) in [6.45, 7) is 27.4. The zero-order valence-electron chi connectivity index (χ0n) is 35.0. The SMILES string of the molecule is CC1=C(C)N(c2ccc(-c3c(C(C)C)cccc3C(C)C)cc2)CN1c1[c-]c(Oc2[c-]c(Oc3cc(C(C)(C)C)ccn3)ccc2)cc(C(C)(C)C)c1.[CH3-].[Pt]. The first kappa shape index (κ1) is 43.4. The van der Waals surface area contributed by atoms with Crippen LogP contribution in [0.15, 0.2) is 103 Å². The van der Waals surface area contributed by atoms with E-state index in [4.69, 9.17) is 9.47 Å². The Labute approximate surface area is 346 Å². The van der Waals surface area contributed by atoms with Gasteiger partial charge in [0.25, 0.3) is 0 Å². The first-order valence-electron chi connectivity index (χ1n) is 18.9. The number of rotatable bonds is 9. The standard InChI is InChI=1S/C48H55N3O2.CH3.Pt/c1-31(2)43-17-14-18-44(32(3)4)46(43)35-19-21-38(22-20-35)50-30-51(34(6)33(50)5)39-25-37(48(10,11)12)26-42(28-39)52-40-15-13-16-41(29-40)53-45-27-36(23-24-49-45)47(7,8)9;;/h13-27,31-32H,30H2,1-12H3;1H3;/q-2;-1;. The number of hydrogen-bond acceptors (Lipinski definition) is 5. The number of anilines is 2. The van der Waals surface area contributed by atoms with Crippen LogP contribution in [0.4, 0.5) is 11.4 Å². The van der Waals surface area contributed by atoms with E-state index in [1.807, 2.05) is 30.3 Å². The molecule has 294 valence electrons. The molecule has 0 bridgehead atoms. The number of pyridine rings is 1. The van der Waals surface area contributed by atoms with Crippen LogP contribution in [0.5, 0.6) is 23.1 Å². The molecule has 4 aromatic carbocycles. The van der Waals surface area contributed by atoms with Crippen molar-refractivity contribution in [3.05, 3.63) is 144 Å². The van der Waals surface area contributed by atoms with Gasteiger partial charge in [-0.25, -0.2) is 4.98 Å². The number of ether oxygens (including phenoxy) is 2. The number of aromatic nitrogens is 1. The molecule has 0 radical (unpaired) electrons. The predicted molar refractivity (Wildman–Crippen MR) is 227 cm³/mol. The van der Waals surface area contributed by atoms with Gasteiger partial charge >= 0.3 is 0 Å². The van der Waals surface area contributed by atoms with Crippen molar-refractivity contribution in [2.75, 3.05) is 16.5 Å². The zero-order chi connectivity index (χ0) is 38.2. The molecule has 0 saturated carbocycles. The van der Waals surface area contributed by atoms with Gasteiger partial charge in [-0.2, -0.15) is 6.07 Å². The summed E-state index contributed by atoms with van der Waals surface area (Å²) in [5.74, 6) is 3.14. The minimum atomic E-state index is -0.108. The molecule has 5 nitrogen and oxygen atoms in total. The average molecular weight is 916 g/mol. The third-order valence-electron chi connectivity index (χ3n) is 10.2. The Hall–Kier alpha value is -4.34. The normalized spacial score (nSPS) is 13.3. The Bertz CT molecular complexity index is 2090. The Kier molecular flexibility index (Phi) is 13.6. The summed E-state index contributed by atoms with van der Waals surface area (Å²) >= 11 is 0. The van der Waals surface area contributed by atoms with Crippen LogP contribution in [-0.4, -0.2) is 11.7 Å². The first-order valence-corrected chi connectivity index (χ1v) is 18.9. The van der Waals surface area contributed by atoms with E-state index in [1.165, 1.54) is 39.3 Å². The smallest absolute Gasteiger partial charge is 0.216 e. The van der Waals surface area contributed by atoms with E-state index in [2.05, 4.69) is 165 Å². The molecule has 2 heterocycles. The molecule has 0 unspecified atom stereocenters. The third-order valence-corrected chi connectivity index (χ3v) is 10.2. The molecule has 1 aromatic heterocycles. The van der Waals surface area contributed by atoms with Crippen LogP contribution in [-0.2, 0) is 31.9 Å². The van der Waals surface area contributed by atoms with E-state index >= 15 is 0 Å². The molecule has 0 spiro atoms. The zero-order valence-corrected chi connectivity index (χ0v) is 37.3. The van der Waals surface area contributed by atoms with Gasteiger partial charge in [-0.05, 0) is 82.5 Å². The second-order valence-corrected chi connectivity index (χ2v) is 16.9. The predicted octanol–water partition coefficient (Wildman–Crippen LogP) is 13.8. The molecule has 1 aliphatic heterocycles. The molecule has 0 amide bonds. The molecule has 0 aliphatic carbocycles. The van der Waals surface area contributed by atoms with Crippen molar-refractivity contribution < 1.29 is 30.5 Å². The van der Waals surface area contributed by atoms with Gasteiger partial charge in [-0.3, -0.25) is 0 Å². The van der Waals surface area contributed by atoms with Gasteiger partial charge in [0.1, 0.15) is 0 Å². The molecule has 6 heteroatoms. The quantitative estimate of drug-likeness (QED) is 0.138. The fraction of sp³-hybridized carbons (Fsp3) is 0.347. The van der Waals surface area contributed by atoms with Crippen LogP contribution in [0.25, 0.3) is 11.1 Å². The van der Waals surface area contributed by atoms with Gasteiger partial charge in [-0.1, -0.05) is 111 Å². The van der Waals surface area contributed by atoms with Gasteiger partial charge in [0.15, 0.2) is 0 Å². The summed E-state index contributed by atoms with van der Waals surface area (Å²) in [5, 5.41) is 0. The van der Waals surface area contributed by atoms with E-state index in [0.717, 1.165) is 16.8 Å². The van der Waals surface area contributed by atoms with Crippen molar-refractivity contribution >= 4 is 11.4 Å². The monoisotopic (exact) mass is 915 g/mol. The van der Waals surface area contributed by atoms with Crippen LogP contribution in [0.2, 0.25) is 0 Å². The second kappa shape index (κ2) is 17.2. The minimum absolute atomic E-state index is 0. The Morgan fingerprint density at radius 1 is 0.636 bits per heavy atom. The van der Waals surface area contributed by atoms with Crippen LogP contribution in [0.1, 0.15) is 117 Å². The van der Waals surface area contributed by atoms with Crippen molar-refractivity contribution in [2.45, 2.75) is 106 Å². The van der Waals surface area contributed by atoms with Gasteiger partial charge in [0.2, 0.25) is 5.88 Å². The van der Waals surface area contributed by atoms with Gasteiger partial charge in [0, 0.05) is 67.7 Å². The maximum atomic E-state index is 6.48. The number of benzene rings is 4. The molecular weight excluding hydrogens is 858 g/mol. The van der Waals surface area contributed by atoms with Crippen molar-refractivity contribution in [1.29, 1.82) is 0 Å². The summed E-state index contributed by atoms with van der Waals surface area (Å²) in [6, 6.07) is 36.8. The Morgan fingerprint density at radius 2 is 1.20 bits per heavy atom. The largest absolute Gasteiger partial charge is 0.509 e. The maximum Gasteiger partial charge on any atom is 0.216 e. The molecule has 55 heavy (non-hydrogen) atoms. The maximum absolute atomic E-state index is 6.48. The minimum Gasteiger partial charge on any atom is -0.509 e. The second-order valence-electron chi connectivity index (χ2n) is 16.9. The number of hydrogen-bond donors (Lipinski definition) is 0. The van der Waals surface area contributed by atoms with Crippen molar-refractivity contribution in [2.24, 2.45) is 0 Å². The van der Waals surface area contributed by atoms with Crippen LogP contribution in [0.3, 0.4) is 0 Å². The Balaban J connectivity index is 0.00000336. The molecular formula is C49H58N3O2Pt-3. The number of nitrogens with zero attached hydrogens (tertiary/aromatic N) is 3. The molecule has 0 saturated heterocycles. The molecule has 6 rings (SSSR count). The fourth-order valence-corrected chi connectivity index (χ4v) is 6.84. The fourth-order valence-electron chi connectivity index (χ4n) is 6.84. The van der Waals surface area contributed by atoms with Crippen LogP contribution in [0, 0.1) is 19.6 Å². The molecule has 5 aromatic rings. The van der Waals surface area contributed by atoms with E-state index in [1.54, 1.807) is 6.20 Å².